The lowest BCUT2D eigenvalue weighted by Gasteiger charge is -2.18. The number of aryl methyl sites for hydroxylation is 1. The van der Waals surface area contributed by atoms with Crippen molar-refractivity contribution in [2.24, 2.45) is 11.7 Å². The summed E-state index contributed by atoms with van der Waals surface area (Å²) >= 11 is 0. The van der Waals surface area contributed by atoms with E-state index in [0.717, 1.165) is 25.0 Å². The first-order valence-corrected chi connectivity index (χ1v) is 8.59. The van der Waals surface area contributed by atoms with E-state index in [0.29, 0.717) is 5.92 Å². The maximum Gasteiger partial charge on any atom is 0.237 e. The zero-order valence-corrected chi connectivity index (χ0v) is 15.1. The highest BCUT2D eigenvalue weighted by molar-refractivity contribution is 5.81. The van der Waals surface area contributed by atoms with Crippen molar-refractivity contribution in [1.82, 2.24) is 5.32 Å². The zero-order chi connectivity index (χ0) is 17.4. The van der Waals surface area contributed by atoms with Crippen molar-refractivity contribution in [2.45, 2.75) is 72.1 Å². The van der Waals surface area contributed by atoms with Crippen LogP contribution in [0.15, 0.2) is 24.3 Å². The molecule has 130 valence electrons. The van der Waals surface area contributed by atoms with E-state index >= 15 is 0 Å². The molecule has 0 saturated carbocycles. The van der Waals surface area contributed by atoms with Gasteiger partial charge in [-0.25, -0.2) is 0 Å². The minimum atomic E-state index is -0.412. The summed E-state index contributed by atoms with van der Waals surface area (Å²) in [5, 5.41) is 3.00. The van der Waals surface area contributed by atoms with Gasteiger partial charge in [0.25, 0.3) is 0 Å². The molecule has 1 rings (SSSR count). The molecule has 2 atom stereocenters. The molecule has 0 bridgehead atoms. The van der Waals surface area contributed by atoms with Gasteiger partial charge in [-0.3, -0.25) is 4.79 Å². The number of ether oxygens (including phenoxy) is 1. The Kier molecular flexibility index (Phi) is 8.10. The molecule has 0 heterocycles. The van der Waals surface area contributed by atoms with E-state index in [4.69, 9.17) is 10.5 Å². The van der Waals surface area contributed by atoms with Gasteiger partial charge < -0.3 is 15.8 Å². The Balaban J connectivity index is 2.38. The van der Waals surface area contributed by atoms with Gasteiger partial charge in [0.05, 0.1) is 12.1 Å². The molecule has 0 spiro atoms. The van der Waals surface area contributed by atoms with E-state index in [2.05, 4.69) is 31.3 Å². The lowest BCUT2D eigenvalue weighted by molar-refractivity contribution is -0.123. The van der Waals surface area contributed by atoms with Crippen LogP contribution in [0.5, 0.6) is 5.75 Å². The lowest BCUT2D eigenvalue weighted by Crippen LogP contribution is -2.45. The summed E-state index contributed by atoms with van der Waals surface area (Å²) in [6.07, 6.45) is 2.72. The zero-order valence-electron chi connectivity index (χ0n) is 15.1. The fourth-order valence-electron chi connectivity index (χ4n) is 2.43. The number of nitrogens with one attached hydrogen (secondary N) is 1. The molecule has 23 heavy (non-hydrogen) atoms. The fraction of sp³-hybridized carbons (Fsp3) is 0.632. The maximum atomic E-state index is 12.0. The molecular formula is C19H32N2O2. The van der Waals surface area contributed by atoms with E-state index in [1.807, 2.05) is 32.9 Å². The molecule has 1 aromatic carbocycles. The molecule has 0 saturated heterocycles. The van der Waals surface area contributed by atoms with Crippen molar-refractivity contribution in [3.8, 4) is 5.75 Å². The van der Waals surface area contributed by atoms with E-state index < -0.39 is 6.04 Å². The summed E-state index contributed by atoms with van der Waals surface area (Å²) in [6, 6.07) is 7.86. The SMILES string of the molecule is CC(C)C[C@H](N)C(=O)NC(C)CCc1ccc(OC(C)C)cc1. The molecule has 0 aliphatic carbocycles. The summed E-state index contributed by atoms with van der Waals surface area (Å²) in [4.78, 5) is 12.0. The fourth-order valence-corrected chi connectivity index (χ4v) is 2.43. The third-order valence-electron chi connectivity index (χ3n) is 3.61. The van der Waals surface area contributed by atoms with Crippen molar-refractivity contribution in [1.29, 1.82) is 0 Å². The minimum Gasteiger partial charge on any atom is -0.491 e. The van der Waals surface area contributed by atoms with Crippen LogP contribution in [0.3, 0.4) is 0 Å². The second-order valence-corrected chi connectivity index (χ2v) is 6.99. The first kappa shape index (κ1) is 19.5. The predicted molar refractivity (Wildman–Crippen MR) is 95.6 cm³/mol. The van der Waals surface area contributed by atoms with Crippen LogP contribution in [-0.2, 0) is 11.2 Å². The van der Waals surface area contributed by atoms with Crippen LogP contribution in [-0.4, -0.2) is 24.1 Å². The second-order valence-electron chi connectivity index (χ2n) is 6.99. The molecule has 0 aliphatic rings. The van der Waals surface area contributed by atoms with Gasteiger partial charge in [0.1, 0.15) is 5.75 Å². The summed E-state index contributed by atoms with van der Waals surface area (Å²) in [5.41, 5.74) is 7.15. The Morgan fingerprint density at radius 1 is 1.13 bits per heavy atom. The lowest BCUT2D eigenvalue weighted by atomic mass is 10.0. The van der Waals surface area contributed by atoms with Crippen molar-refractivity contribution in [3.63, 3.8) is 0 Å². The molecule has 1 amide bonds. The van der Waals surface area contributed by atoms with E-state index in [1.54, 1.807) is 0 Å². The smallest absolute Gasteiger partial charge is 0.237 e. The quantitative estimate of drug-likeness (QED) is 0.734. The van der Waals surface area contributed by atoms with Gasteiger partial charge in [0.15, 0.2) is 0 Å². The Hall–Kier alpha value is -1.55. The topological polar surface area (TPSA) is 64.4 Å². The number of hydrogen-bond acceptors (Lipinski definition) is 3. The van der Waals surface area contributed by atoms with Crippen molar-refractivity contribution >= 4 is 5.91 Å². The molecule has 0 aliphatic heterocycles. The third kappa shape index (κ3) is 8.03. The number of carbonyl (C=O) groups is 1. The molecule has 1 unspecified atom stereocenters. The largest absolute Gasteiger partial charge is 0.491 e. The van der Waals surface area contributed by atoms with E-state index in [-0.39, 0.29) is 18.1 Å². The Labute approximate surface area is 140 Å². The molecule has 4 heteroatoms. The third-order valence-corrected chi connectivity index (χ3v) is 3.61. The molecule has 0 fully saturated rings. The highest BCUT2D eigenvalue weighted by Crippen LogP contribution is 2.15. The van der Waals surface area contributed by atoms with Crippen molar-refractivity contribution in [3.05, 3.63) is 29.8 Å². The summed E-state index contributed by atoms with van der Waals surface area (Å²) < 4.78 is 5.63. The first-order chi connectivity index (χ1) is 10.8. The van der Waals surface area contributed by atoms with E-state index in [1.165, 1.54) is 5.56 Å². The minimum absolute atomic E-state index is 0.0492. The summed E-state index contributed by atoms with van der Waals surface area (Å²) in [7, 11) is 0. The standard InChI is InChI=1S/C19H32N2O2/c1-13(2)12-18(20)19(22)21-15(5)6-7-16-8-10-17(11-9-16)23-14(3)4/h8-11,13-15,18H,6-7,12,20H2,1-5H3,(H,21,22)/t15?,18-/m0/s1. The van der Waals surface area contributed by atoms with Gasteiger partial charge in [-0.1, -0.05) is 26.0 Å². The van der Waals surface area contributed by atoms with Crippen molar-refractivity contribution in [2.75, 3.05) is 0 Å². The van der Waals surface area contributed by atoms with Crippen LogP contribution in [0.1, 0.15) is 53.0 Å². The van der Waals surface area contributed by atoms with Gasteiger partial charge in [0.2, 0.25) is 5.91 Å². The predicted octanol–water partition coefficient (Wildman–Crippen LogP) is 3.28. The molecule has 1 aromatic rings. The molecule has 0 aromatic heterocycles. The Morgan fingerprint density at radius 2 is 1.74 bits per heavy atom. The van der Waals surface area contributed by atoms with Crippen LogP contribution < -0.4 is 15.8 Å². The van der Waals surface area contributed by atoms with Crippen LogP contribution in [0, 0.1) is 5.92 Å². The van der Waals surface area contributed by atoms with E-state index in [9.17, 15) is 4.79 Å². The number of benzene rings is 1. The summed E-state index contributed by atoms with van der Waals surface area (Å²) in [6.45, 7) is 10.2. The molecule has 3 N–H and O–H groups in total. The molecule has 0 radical (unpaired) electrons. The number of amides is 1. The van der Waals surface area contributed by atoms with Crippen molar-refractivity contribution < 1.29 is 9.53 Å². The maximum absolute atomic E-state index is 12.0. The van der Waals surface area contributed by atoms with Gasteiger partial charge in [-0.15, -0.1) is 0 Å². The monoisotopic (exact) mass is 320 g/mol. The van der Waals surface area contributed by atoms with Gasteiger partial charge in [-0.2, -0.15) is 0 Å². The highest BCUT2D eigenvalue weighted by atomic mass is 16.5. The van der Waals surface area contributed by atoms with Gasteiger partial charge >= 0.3 is 0 Å². The van der Waals surface area contributed by atoms with Gasteiger partial charge in [-0.05, 0) is 63.6 Å². The number of nitrogens with two attached hydrogens (primary N) is 1. The Morgan fingerprint density at radius 3 is 2.26 bits per heavy atom. The number of carbonyl (C=O) groups excluding carboxylic acids is 1. The van der Waals surface area contributed by atoms with Crippen LogP contribution >= 0.6 is 0 Å². The van der Waals surface area contributed by atoms with Crippen LogP contribution in [0.25, 0.3) is 0 Å². The summed E-state index contributed by atoms with van der Waals surface area (Å²) in [5.74, 6) is 1.27. The Bertz CT molecular complexity index is 469. The van der Waals surface area contributed by atoms with Gasteiger partial charge in [0, 0.05) is 6.04 Å². The second kappa shape index (κ2) is 9.56. The molecule has 4 nitrogen and oxygen atoms in total. The van der Waals surface area contributed by atoms with Crippen LogP contribution in [0.4, 0.5) is 0 Å². The molecular weight excluding hydrogens is 288 g/mol. The number of hydrogen-bond donors (Lipinski definition) is 2. The number of rotatable bonds is 9. The average molecular weight is 320 g/mol. The highest BCUT2D eigenvalue weighted by Gasteiger charge is 2.16. The average Bonchev–Trinajstić information content (AvgIpc) is 2.45. The van der Waals surface area contributed by atoms with Crippen LogP contribution in [0.2, 0.25) is 0 Å². The normalized spacial score (nSPS) is 13.9. The first-order valence-electron chi connectivity index (χ1n) is 8.59.